The molecule has 0 spiro atoms. The number of nitrogens with one attached hydrogen (secondary N) is 3. The minimum atomic E-state index is -3.41. The molecule has 0 fully saturated rings. The highest BCUT2D eigenvalue weighted by molar-refractivity contribution is 7.93. The molecule has 0 saturated carbocycles. The van der Waals surface area contributed by atoms with E-state index in [-0.39, 0.29) is 5.91 Å². The normalized spacial score (nSPS) is 12.9. The third-order valence-electron chi connectivity index (χ3n) is 3.76. The molecule has 25 heavy (non-hydrogen) atoms. The standard InChI is InChI=1S/C17H19N3O4S/c1-11(2)25(22,23)20-13-5-3-12(4-6-13)17(21)19-14-7-8-16-15(9-14)18-10-24-16/h3-9,11,18,20H,10H2,1-2H3,(H,19,21). The van der Waals surface area contributed by atoms with Crippen LogP contribution in [-0.4, -0.2) is 26.3 Å². The molecule has 8 heteroatoms. The van der Waals surface area contributed by atoms with Gasteiger partial charge in [0.2, 0.25) is 10.0 Å². The van der Waals surface area contributed by atoms with Gasteiger partial charge in [0, 0.05) is 16.9 Å². The Hall–Kier alpha value is -2.74. The van der Waals surface area contributed by atoms with Crippen molar-refractivity contribution >= 4 is 33.0 Å². The van der Waals surface area contributed by atoms with Crippen molar-refractivity contribution in [3.63, 3.8) is 0 Å². The Morgan fingerprint density at radius 1 is 1.12 bits per heavy atom. The fourth-order valence-electron chi connectivity index (χ4n) is 2.24. The van der Waals surface area contributed by atoms with E-state index in [4.69, 9.17) is 4.74 Å². The Morgan fingerprint density at radius 2 is 1.80 bits per heavy atom. The molecule has 0 atom stereocenters. The Kier molecular flexibility index (Phi) is 4.54. The molecule has 0 radical (unpaired) electrons. The average molecular weight is 361 g/mol. The third-order valence-corrected chi connectivity index (χ3v) is 5.52. The molecular weight excluding hydrogens is 342 g/mol. The maximum atomic E-state index is 12.3. The highest BCUT2D eigenvalue weighted by Crippen LogP contribution is 2.31. The number of sulfonamides is 1. The van der Waals surface area contributed by atoms with Gasteiger partial charge in [-0.15, -0.1) is 0 Å². The lowest BCUT2D eigenvalue weighted by Gasteiger charge is -2.11. The number of carbonyl (C=O) groups is 1. The second-order valence-electron chi connectivity index (χ2n) is 5.90. The number of anilines is 3. The van der Waals surface area contributed by atoms with Crippen molar-refractivity contribution in [3.8, 4) is 5.75 Å². The van der Waals surface area contributed by atoms with E-state index in [0.717, 1.165) is 11.4 Å². The largest absolute Gasteiger partial charge is 0.471 e. The highest BCUT2D eigenvalue weighted by atomic mass is 32.2. The Balaban J connectivity index is 1.69. The van der Waals surface area contributed by atoms with Gasteiger partial charge in [0.1, 0.15) is 5.75 Å². The molecule has 132 valence electrons. The molecule has 1 aliphatic rings. The van der Waals surface area contributed by atoms with Crippen molar-refractivity contribution in [1.29, 1.82) is 0 Å². The minimum absolute atomic E-state index is 0.280. The van der Waals surface area contributed by atoms with Crippen LogP contribution in [0.3, 0.4) is 0 Å². The van der Waals surface area contributed by atoms with Crippen molar-refractivity contribution in [2.75, 3.05) is 22.1 Å². The van der Waals surface area contributed by atoms with Crippen molar-refractivity contribution in [1.82, 2.24) is 0 Å². The Labute approximate surface area is 146 Å². The van der Waals surface area contributed by atoms with E-state index in [2.05, 4.69) is 15.4 Å². The Bertz CT molecular complexity index is 893. The molecule has 2 aromatic carbocycles. The van der Waals surface area contributed by atoms with E-state index >= 15 is 0 Å². The maximum absolute atomic E-state index is 12.3. The first kappa shape index (κ1) is 17.1. The smallest absolute Gasteiger partial charge is 0.255 e. The lowest BCUT2D eigenvalue weighted by Crippen LogP contribution is -2.22. The van der Waals surface area contributed by atoms with Gasteiger partial charge >= 0.3 is 0 Å². The molecule has 0 aliphatic carbocycles. The van der Waals surface area contributed by atoms with Gasteiger partial charge < -0.3 is 15.4 Å². The van der Waals surface area contributed by atoms with E-state index in [1.165, 1.54) is 0 Å². The summed E-state index contributed by atoms with van der Waals surface area (Å²) in [6, 6.07) is 11.6. The maximum Gasteiger partial charge on any atom is 0.255 e. The van der Waals surface area contributed by atoms with Crippen LogP contribution in [0.25, 0.3) is 0 Å². The lowest BCUT2D eigenvalue weighted by atomic mass is 10.2. The van der Waals surface area contributed by atoms with Gasteiger partial charge in [0.25, 0.3) is 5.91 Å². The van der Waals surface area contributed by atoms with E-state index < -0.39 is 15.3 Å². The summed E-state index contributed by atoms with van der Waals surface area (Å²) < 4.78 is 31.5. The van der Waals surface area contributed by atoms with E-state index in [1.807, 2.05) is 0 Å². The van der Waals surface area contributed by atoms with E-state index in [1.54, 1.807) is 56.3 Å². The van der Waals surface area contributed by atoms with Gasteiger partial charge in [-0.1, -0.05) is 0 Å². The van der Waals surface area contributed by atoms with Crippen molar-refractivity contribution < 1.29 is 17.9 Å². The van der Waals surface area contributed by atoms with Crippen LogP contribution in [0.2, 0.25) is 0 Å². The fourth-order valence-corrected chi connectivity index (χ4v) is 2.94. The first-order chi connectivity index (χ1) is 11.8. The summed E-state index contributed by atoms with van der Waals surface area (Å²) in [5.41, 5.74) is 2.32. The monoisotopic (exact) mass is 361 g/mol. The molecular formula is C17H19N3O4S. The number of rotatable bonds is 5. The zero-order valence-corrected chi connectivity index (χ0v) is 14.7. The second kappa shape index (κ2) is 6.64. The van der Waals surface area contributed by atoms with Crippen LogP contribution in [0.4, 0.5) is 17.1 Å². The van der Waals surface area contributed by atoms with Crippen LogP contribution in [0, 0.1) is 0 Å². The van der Waals surface area contributed by atoms with Crippen molar-refractivity contribution in [3.05, 3.63) is 48.0 Å². The molecule has 0 bridgehead atoms. The summed E-state index contributed by atoms with van der Waals surface area (Å²) >= 11 is 0. The molecule has 0 saturated heterocycles. The SMILES string of the molecule is CC(C)S(=O)(=O)Nc1ccc(C(=O)Nc2ccc3c(c2)NCO3)cc1. The van der Waals surface area contributed by atoms with Crippen LogP contribution < -0.4 is 20.1 Å². The number of carbonyl (C=O) groups excluding carboxylic acids is 1. The molecule has 2 aromatic rings. The first-order valence-corrected chi connectivity index (χ1v) is 9.33. The minimum Gasteiger partial charge on any atom is -0.471 e. The van der Waals surface area contributed by atoms with Crippen molar-refractivity contribution in [2.45, 2.75) is 19.1 Å². The van der Waals surface area contributed by atoms with E-state index in [0.29, 0.717) is 23.7 Å². The summed E-state index contributed by atoms with van der Waals surface area (Å²) in [4.78, 5) is 12.3. The predicted octanol–water partition coefficient (Wildman–Crippen LogP) is 2.85. The number of amides is 1. The summed E-state index contributed by atoms with van der Waals surface area (Å²) in [6.45, 7) is 3.61. The zero-order chi connectivity index (χ0) is 18.0. The van der Waals surface area contributed by atoms with Gasteiger partial charge in [-0.2, -0.15) is 0 Å². The van der Waals surface area contributed by atoms with Crippen LogP contribution in [0.15, 0.2) is 42.5 Å². The third kappa shape index (κ3) is 3.85. The molecule has 1 heterocycles. The summed E-state index contributed by atoms with van der Waals surface area (Å²) in [6.07, 6.45) is 0. The molecule has 0 unspecified atom stereocenters. The fraction of sp³-hybridized carbons (Fsp3) is 0.235. The summed E-state index contributed by atoms with van der Waals surface area (Å²) in [7, 11) is -3.41. The molecule has 3 rings (SSSR count). The highest BCUT2D eigenvalue weighted by Gasteiger charge is 2.16. The number of hydrogen-bond acceptors (Lipinski definition) is 5. The molecule has 1 aliphatic heterocycles. The lowest BCUT2D eigenvalue weighted by molar-refractivity contribution is 0.102. The number of ether oxygens (including phenoxy) is 1. The first-order valence-electron chi connectivity index (χ1n) is 7.79. The van der Waals surface area contributed by atoms with Gasteiger partial charge in [-0.05, 0) is 56.3 Å². The quantitative estimate of drug-likeness (QED) is 0.761. The van der Waals surface area contributed by atoms with Gasteiger partial charge in [-0.25, -0.2) is 8.42 Å². The predicted molar refractivity (Wildman–Crippen MR) is 97.6 cm³/mol. The molecule has 7 nitrogen and oxygen atoms in total. The van der Waals surface area contributed by atoms with E-state index in [9.17, 15) is 13.2 Å². The van der Waals surface area contributed by atoms with Crippen LogP contribution >= 0.6 is 0 Å². The van der Waals surface area contributed by atoms with Crippen molar-refractivity contribution in [2.24, 2.45) is 0 Å². The summed E-state index contributed by atoms with van der Waals surface area (Å²) in [5, 5.41) is 5.32. The number of benzene rings is 2. The van der Waals surface area contributed by atoms with Gasteiger partial charge in [0.15, 0.2) is 6.73 Å². The molecule has 0 aromatic heterocycles. The molecule has 1 amide bonds. The van der Waals surface area contributed by atoms with Gasteiger partial charge in [-0.3, -0.25) is 9.52 Å². The van der Waals surface area contributed by atoms with Crippen LogP contribution in [-0.2, 0) is 10.0 Å². The number of hydrogen-bond donors (Lipinski definition) is 3. The van der Waals surface area contributed by atoms with Gasteiger partial charge in [0.05, 0.1) is 10.9 Å². The van der Waals surface area contributed by atoms with Crippen LogP contribution in [0.5, 0.6) is 5.75 Å². The second-order valence-corrected chi connectivity index (χ2v) is 8.14. The zero-order valence-electron chi connectivity index (χ0n) is 13.9. The average Bonchev–Trinajstić information content (AvgIpc) is 3.02. The topological polar surface area (TPSA) is 96.5 Å². The van der Waals surface area contributed by atoms with Crippen LogP contribution in [0.1, 0.15) is 24.2 Å². The Morgan fingerprint density at radius 3 is 2.48 bits per heavy atom. The number of fused-ring (bicyclic) bond motifs is 1. The summed E-state index contributed by atoms with van der Waals surface area (Å²) in [5.74, 6) is 0.469. The molecule has 3 N–H and O–H groups in total.